The van der Waals surface area contributed by atoms with E-state index in [1.807, 2.05) is 74.2 Å². The minimum absolute atomic E-state index is 0.0140. The predicted octanol–water partition coefficient (Wildman–Crippen LogP) is 4.03. The minimum Gasteiger partial charge on any atom is -0.444 e. The van der Waals surface area contributed by atoms with E-state index in [1.54, 1.807) is 11.0 Å². The summed E-state index contributed by atoms with van der Waals surface area (Å²) < 4.78 is 5.48. The molecule has 3 aliphatic rings. The maximum absolute atomic E-state index is 13.3. The molecular weight excluding hydrogens is 554 g/mol. The van der Waals surface area contributed by atoms with Crippen molar-refractivity contribution in [2.24, 2.45) is 0 Å². The molecule has 2 aromatic rings. The Morgan fingerprint density at radius 1 is 0.881 bits per heavy atom. The van der Waals surface area contributed by atoms with E-state index in [9.17, 15) is 19.2 Å². The van der Waals surface area contributed by atoms with Gasteiger partial charge in [-0.15, -0.1) is 0 Å². The van der Waals surface area contributed by atoms with Gasteiger partial charge in [0.05, 0.1) is 4.91 Å². The van der Waals surface area contributed by atoms with Gasteiger partial charge in [-0.25, -0.2) is 4.79 Å². The highest BCUT2D eigenvalue weighted by Crippen LogP contribution is 2.30. The van der Waals surface area contributed by atoms with Crippen molar-refractivity contribution in [2.75, 3.05) is 57.3 Å². The Morgan fingerprint density at radius 2 is 1.52 bits per heavy atom. The topological polar surface area (TPSA) is 102 Å². The van der Waals surface area contributed by atoms with E-state index in [4.69, 9.17) is 4.74 Å². The van der Waals surface area contributed by atoms with Gasteiger partial charge >= 0.3 is 6.09 Å². The summed E-state index contributed by atoms with van der Waals surface area (Å²) >= 11 is 0.908. The van der Waals surface area contributed by atoms with Crippen molar-refractivity contribution in [3.8, 4) is 0 Å². The fourth-order valence-corrected chi connectivity index (χ4v) is 5.89. The largest absolute Gasteiger partial charge is 0.444 e. The molecule has 11 heteroatoms. The van der Waals surface area contributed by atoms with Gasteiger partial charge in [0, 0.05) is 70.2 Å². The lowest BCUT2D eigenvalue weighted by molar-refractivity contribution is -0.115. The summed E-state index contributed by atoms with van der Waals surface area (Å²) in [5.41, 5.74) is 3.14. The number of carbonyl (C=O) groups excluding carboxylic acids is 4. The third-order valence-electron chi connectivity index (χ3n) is 7.40. The van der Waals surface area contributed by atoms with E-state index >= 15 is 0 Å². The third-order valence-corrected chi connectivity index (χ3v) is 8.21. The van der Waals surface area contributed by atoms with Crippen LogP contribution in [0.3, 0.4) is 0 Å². The second-order valence-electron chi connectivity index (χ2n) is 11.6. The van der Waals surface area contributed by atoms with E-state index in [0.29, 0.717) is 49.7 Å². The normalized spacial score (nSPS) is 19.3. The number of hydrogen-bond acceptors (Lipinski definition) is 8. The molecule has 222 valence electrons. The van der Waals surface area contributed by atoms with E-state index in [0.717, 1.165) is 48.2 Å². The van der Waals surface area contributed by atoms with E-state index in [2.05, 4.69) is 15.1 Å². The molecule has 3 fully saturated rings. The number of carbonyl (C=O) groups is 4. The monoisotopic (exact) mass is 591 g/mol. The first-order chi connectivity index (χ1) is 20.1. The lowest BCUT2D eigenvalue weighted by Gasteiger charge is -2.37. The lowest BCUT2D eigenvalue weighted by atomic mass is 10.1. The standard InChI is InChI=1S/C31H37N5O5S/c1-31(2,3)41-30(40)36-14-12-33(13-15-36)21-22-8-10-23(11-9-22)28(38)35-18-16-34(17-19-35)25-7-5-4-6-24(25)20-26-27(37)32-29(39)42-26/h4-11,20H,12-19,21H2,1-3H3,(H,32,37,39)/b26-20-. The molecule has 3 heterocycles. The van der Waals surface area contributed by atoms with Crippen molar-refractivity contribution in [2.45, 2.75) is 32.9 Å². The first kappa shape index (κ1) is 29.7. The molecule has 4 amide bonds. The summed E-state index contributed by atoms with van der Waals surface area (Å²) in [5, 5.41) is 1.94. The van der Waals surface area contributed by atoms with Crippen molar-refractivity contribution in [3.63, 3.8) is 0 Å². The molecule has 0 saturated carbocycles. The van der Waals surface area contributed by atoms with Gasteiger partial charge in [-0.1, -0.05) is 30.3 Å². The van der Waals surface area contributed by atoms with Crippen LogP contribution in [0.2, 0.25) is 0 Å². The van der Waals surface area contributed by atoms with E-state index in [1.165, 1.54) is 0 Å². The maximum Gasteiger partial charge on any atom is 0.410 e. The van der Waals surface area contributed by atoms with Crippen LogP contribution in [0.1, 0.15) is 42.3 Å². The Morgan fingerprint density at radius 3 is 2.14 bits per heavy atom. The lowest BCUT2D eigenvalue weighted by Crippen LogP contribution is -2.49. The van der Waals surface area contributed by atoms with Crippen molar-refractivity contribution in [1.29, 1.82) is 0 Å². The molecule has 10 nitrogen and oxygen atoms in total. The number of amides is 4. The molecule has 0 atom stereocenters. The predicted molar refractivity (Wildman–Crippen MR) is 163 cm³/mol. The van der Waals surface area contributed by atoms with Crippen LogP contribution >= 0.6 is 11.8 Å². The van der Waals surface area contributed by atoms with Crippen molar-refractivity contribution < 1.29 is 23.9 Å². The number of anilines is 1. The van der Waals surface area contributed by atoms with Crippen molar-refractivity contribution in [1.82, 2.24) is 20.0 Å². The summed E-state index contributed by atoms with van der Waals surface area (Å²) in [7, 11) is 0. The summed E-state index contributed by atoms with van der Waals surface area (Å²) in [4.78, 5) is 57.7. The van der Waals surface area contributed by atoms with Crippen LogP contribution in [0.5, 0.6) is 0 Å². The molecule has 0 radical (unpaired) electrons. The molecule has 0 aliphatic carbocycles. The number of hydrogen-bond donors (Lipinski definition) is 1. The number of imide groups is 1. The summed E-state index contributed by atoms with van der Waals surface area (Å²) in [6, 6.07) is 15.6. The van der Waals surface area contributed by atoms with Gasteiger partial charge in [-0.05, 0) is 67.9 Å². The average Bonchev–Trinajstić information content (AvgIpc) is 3.29. The fraction of sp³-hybridized carbons (Fsp3) is 0.419. The molecule has 5 rings (SSSR count). The molecule has 3 aliphatic heterocycles. The first-order valence-electron chi connectivity index (χ1n) is 14.2. The molecule has 0 bridgehead atoms. The van der Waals surface area contributed by atoms with Gasteiger partial charge in [0.25, 0.3) is 17.1 Å². The molecular formula is C31H37N5O5S. The number of nitrogens with one attached hydrogen (secondary N) is 1. The van der Waals surface area contributed by atoms with Crippen molar-refractivity contribution in [3.05, 3.63) is 70.1 Å². The second kappa shape index (κ2) is 12.6. The number of piperazine rings is 2. The average molecular weight is 592 g/mol. The number of nitrogens with zero attached hydrogens (tertiary/aromatic N) is 4. The van der Waals surface area contributed by atoms with Crippen LogP contribution in [0.4, 0.5) is 15.3 Å². The molecule has 0 unspecified atom stereocenters. The van der Waals surface area contributed by atoms with Crippen LogP contribution in [0, 0.1) is 0 Å². The van der Waals surface area contributed by atoms with Crippen LogP contribution in [-0.2, 0) is 16.1 Å². The highest BCUT2D eigenvalue weighted by molar-refractivity contribution is 8.18. The van der Waals surface area contributed by atoms with Crippen LogP contribution in [0.15, 0.2) is 53.4 Å². The van der Waals surface area contributed by atoms with Crippen LogP contribution in [0.25, 0.3) is 6.08 Å². The third kappa shape index (κ3) is 7.32. The number of rotatable bonds is 5. The van der Waals surface area contributed by atoms with Gasteiger partial charge in [0.15, 0.2) is 0 Å². The van der Waals surface area contributed by atoms with E-state index < -0.39 is 5.60 Å². The number of para-hydroxylation sites is 1. The minimum atomic E-state index is -0.497. The number of ether oxygens (including phenoxy) is 1. The molecule has 2 aromatic carbocycles. The molecule has 42 heavy (non-hydrogen) atoms. The molecule has 1 N–H and O–H groups in total. The zero-order valence-corrected chi connectivity index (χ0v) is 25.1. The first-order valence-corrected chi connectivity index (χ1v) is 15.0. The summed E-state index contributed by atoms with van der Waals surface area (Å²) in [6.07, 6.45) is 1.49. The Bertz CT molecular complexity index is 1370. The Hall–Kier alpha value is -3.83. The highest BCUT2D eigenvalue weighted by atomic mass is 32.2. The van der Waals surface area contributed by atoms with Crippen molar-refractivity contribution >= 4 is 46.7 Å². The zero-order valence-electron chi connectivity index (χ0n) is 24.3. The second-order valence-corrected chi connectivity index (χ2v) is 12.6. The van der Waals surface area contributed by atoms with Gasteiger partial charge < -0.3 is 19.4 Å². The molecule has 3 saturated heterocycles. The smallest absolute Gasteiger partial charge is 0.410 e. The van der Waals surface area contributed by atoms with Crippen LogP contribution < -0.4 is 10.2 Å². The Balaban J connectivity index is 1.12. The molecule has 0 spiro atoms. The fourth-order valence-electron chi connectivity index (χ4n) is 5.22. The highest BCUT2D eigenvalue weighted by Gasteiger charge is 2.28. The molecule has 0 aromatic heterocycles. The van der Waals surface area contributed by atoms with Gasteiger partial charge in [0.2, 0.25) is 0 Å². The summed E-state index contributed by atoms with van der Waals surface area (Å²) in [6.45, 7) is 11.7. The Kier molecular flexibility index (Phi) is 8.88. The summed E-state index contributed by atoms with van der Waals surface area (Å²) in [5.74, 6) is -0.359. The number of thioether (sulfide) groups is 1. The quantitative estimate of drug-likeness (QED) is 0.521. The maximum atomic E-state index is 13.3. The Labute approximate surface area is 250 Å². The van der Waals surface area contributed by atoms with Gasteiger partial charge in [-0.2, -0.15) is 0 Å². The van der Waals surface area contributed by atoms with Crippen LogP contribution in [-0.4, -0.2) is 95.8 Å². The van der Waals surface area contributed by atoms with Gasteiger partial charge in [-0.3, -0.25) is 24.6 Å². The SMILES string of the molecule is CC(C)(C)OC(=O)N1CCN(Cc2ccc(C(=O)N3CCN(c4ccccc4/C=C4\SC(=O)NC4=O)CC3)cc2)CC1. The van der Waals surface area contributed by atoms with Gasteiger partial charge in [0.1, 0.15) is 5.60 Å². The number of benzene rings is 2. The van der Waals surface area contributed by atoms with E-state index in [-0.39, 0.29) is 23.1 Å². The zero-order chi connectivity index (χ0) is 29.9.